The summed E-state index contributed by atoms with van der Waals surface area (Å²) in [7, 11) is 0. The molecular formula is C17H20O2. The van der Waals surface area contributed by atoms with Gasteiger partial charge in [0.15, 0.2) is 0 Å². The number of rotatable bonds is 3. The lowest BCUT2D eigenvalue weighted by Gasteiger charge is -2.19. The van der Waals surface area contributed by atoms with Crippen molar-refractivity contribution in [1.82, 2.24) is 0 Å². The summed E-state index contributed by atoms with van der Waals surface area (Å²) in [4.78, 5) is 0. The summed E-state index contributed by atoms with van der Waals surface area (Å²) in [5, 5.41) is 10.0. The average Bonchev–Trinajstić information content (AvgIpc) is 2.33. The number of aliphatic hydroxyl groups is 1. The highest BCUT2D eigenvalue weighted by atomic mass is 16.5. The molecule has 0 aromatic heterocycles. The van der Waals surface area contributed by atoms with E-state index in [0.29, 0.717) is 0 Å². The van der Waals surface area contributed by atoms with Crippen LogP contribution in [0.5, 0.6) is 11.5 Å². The van der Waals surface area contributed by atoms with Crippen LogP contribution in [0, 0.1) is 13.8 Å². The van der Waals surface area contributed by atoms with Crippen molar-refractivity contribution in [1.29, 1.82) is 0 Å². The van der Waals surface area contributed by atoms with Gasteiger partial charge in [0, 0.05) is 0 Å². The van der Waals surface area contributed by atoms with Crippen molar-refractivity contribution in [2.24, 2.45) is 0 Å². The maximum absolute atomic E-state index is 10.0. The van der Waals surface area contributed by atoms with Crippen LogP contribution < -0.4 is 4.74 Å². The molecule has 2 rings (SSSR count). The summed E-state index contributed by atoms with van der Waals surface area (Å²) >= 11 is 0. The Morgan fingerprint density at radius 2 is 1.74 bits per heavy atom. The standard InChI is InChI=1S/C17H20O2/c1-12-8-9-13(2)16(10-12)19-15-7-5-6-14(11-15)17(3,4)18/h5-11,18H,1-4H3. The van der Waals surface area contributed by atoms with Gasteiger partial charge in [-0.25, -0.2) is 0 Å². The van der Waals surface area contributed by atoms with Crippen molar-refractivity contribution in [3.8, 4) is 11.5 Å². The molecule has 0 aliphatic heterocycles. The lowest BCUT2D eigenvalue weighted by Crippen LogP contribution is -2.15. The van der Waals surface area contributed by atoms with Gasteiger partial charge in [-0.1, -0.05) is 24.3 Å². The summed E-state index contributed by atoms with van der Waals surface area (Å²) < 4.78 is 5.91. The van der Waals surface area contributed by atoms with Gasteiger partial charge in [-0.15, -0.1) is 0 Å². The summed E-state index contributed by atoms with van der Waals surface area (Å²) in [5.74, 6) is 1.60. The Morgan fingerprint density at radius 1 is 1.00 bits per heavy atom. The van der Waals surface area contributed by atoms with E-state index in [4.69, 9.17) is 4.74 Å². The summed E-state index contributed by atoms with van der Waals surface area (Å²) in [6.07, 6.45) is 0. The average molecular weight is 256 g/mol. The monoisotopic (exact) mass is 256 g/mol. The van der Waals surface area contributed by atoms with Crippen LogP contribution in [0.1, 0.15) is 30.5 Å². The van der Waals surface area contributed by atoms with Gasteiger partial charge in [-0.3, -0.25) is 0 Å². The highest BCUT2D eigenvalue weighted by Crippen LogP contribution is 2.29. The molecule has 0 bridgehead atoms. The molecule has 0 spiro atoms. The van der Waals surface area contributed by atoms with Crippen LogP contribution in [-0.4, -0.2) is 5.11 Å². The molecule has 0 aliphatic rings. The lowest BCUT2D eigenvalue weighted by molar-refractivity contribution is 0.0784. The van der Waals surface area contributed by atoms with E-state index >= 15 is 0 Å². The number of aryl methyl sites for hydroxylation is 2. The number of hydrogen-bond donors (Lipinski definition) is 1. The minimum absolute atomic E-state index is 0.744. The second-order valence-electron chi connectivity index (χ2n) is 5.46. The van der Waals surface area contributed by atoms with Gasteiger partial charge in [0.25, 0.3) is 0 Å². The van der Waals surface area contributed by atoms with Crippen molar-refractivity contribution in [3.05, 3.63) is 59.2 Å². The normalized spacial score (nSPS) is 11.4. The van der Waals surface area contributed by atoms with E-state index in [1.807, 2.05) is 50.2 Å². The quantitative estimate of drug-likeness (QED) is 0.886. The van der Waals surface area contributed by atoms with Gasteiger partial charge in [-0.2, -0.15) is 0 Å². The Balaban J connectivity index is 2.31. The first kappa shape index (κ1) is 13.6. The molecule has 0 saturated heterocycles. The van der Waals surface area contributed by atoms with Gasteiger partial charge in [-0.05, 0) is 62.6 Å². The van der Waals surface area contributed by atoms with E-state index in [2.05, 4.69) is 6.07 Å². The highest BCUT2D eigenvalue weighted by molar-refractivity contribution is 5.41. The zero-order valence-corrected chi connectivity index (χ0v) is 11.9. The lowest BCUT2D eigenvalue weighted by atomic mass is 9.98. The zero-order valence-electron chi connectivity index (χ0n) is 11.9. The largest absolute Gasteiger partial charge is 0.457 e. The van der Waals surface area contributed by atoms with Crippen molar-refractivity contribution in [2.45, 2.75) is 33.3 Å². The number of ether oxygens (including phenoxy) is 1. The molecule has 0 saturated carbocycles. The second kappa shape index (κ2) is 5.06. The summed E-state index contributed by atoms with van der Waals surface area (Å²) in [5.41, 5.74) is 2.25. The maximum atomic E-state index is 10.0. The van der Waals surface area contributed by atoms with Gasteiger partial charge in [0.2, 0.25) is 0 Å². The zero-order chi connectivity index (χ0) is 14.0. The molecule has 19 heavy (non-hydrogen) atoms. The van der Waals surface area contributed by atoms with Gasteiger partial charge >= 0.3 is 0 Å². The van der Waals surface area contributed by atoms with Gasteiger partial charge < -0.3 is 9.84 Å². The third kappa shape index (κ3) is 3.36. The van der Waals surface area contributed by atoms with E-state index < -0.39 is 5.60 Å². The third-order valence-corrected chi connectivity index (χ3v) is 3.11. The fourth-order valence-corrected chi connectivity index (χ4v) is 1.88. The predicted molar refractivity (Wildman–Crippen MR) is 77.7 cm³/mol. The van der Waals surface area contributed by atoms with Crippen molar-refractivity contribution in [3.63, 3.8) is 0 Å². The molecule has 0 radical (unpaired) electrons. The van der Waals surface area contributed by atoms with Crippen LogP contribution in [0.2, 0.25) is 0 Å². The minimum atomic E-state index is -0.860. The molecule has 1 N–H and O–H groups in total. The van der Waals surface area contributed by atoms with Gasteiger partial charge in [0.05, 0.1) is 5.60 Å². The second-order valence-corrected chi connectivity index (χ2v) is 5.46. The Hall–Kier alpha value is -1.80. The maximum Gasteiger partial charge on any atom is 0.130 e. The van der Waals surface area contributed by atoms with Crippen LogP contribution in [0.25, 0.3) is 0 Å². The van der Waals surface area contributed by atoms with Crippen LogP contribution in [0.3, 0.4) is 0 Å². The Kier molecular flexibility index (Phi) is 3.63. The first-order chi connectivity index (χ1) is 8.86. The molecule has 100 valence electrons. The fraction of sp³-hybridized carbons (Fsp3) is 0.294. The van der Waals surface area contributed by atoms with Crippen LogP contribution in [0.15, 0.2) is 42.5 Å². The fourth-order valence-electron chi connectivity index (χ4n) is 1.88. The predicted octanol–water partition coefficient (Wildman–Crippen LogP) is 4.32. The molecule has 2 heteroatoms. The van der Waals surface area contributed by atoms with E-state index in [0.717, 1.165) is 22.6 Å². The molecular weight excluding hydrogens is 236 g/mol. The molecule has 0 heterocycles. The molecule has 0 unspecified atom stereocenters. The topological polar surface area (TPSA) is 29.5 Å². The highest BCUT2D eigenvalue weighted by Gasteiger charge is 2.16. The molecule has 0 atom stereocenters. The first-order valence-electron chi connectivity index (χ1n) is 6.44. The third-order valence-electron chi connectivity index (χ3n) is 3.11. The van der Waals surface area contributed by atoms with Crippen LogP contribution >= 0.6 is 0 Å². The van der Waals surface area contributed by atoms with Crippen molar-refractivity contribution < 1.29 is 9.84 Å². The Bertz CT molecular complexity index is 580. The number of benzene rings is 2. The first-order valence-corrected chi connectivity index (χ1v) is 6.44. The smallest absolute Gasteiger partial charge is 0.130 e. The van der Waals surface area contributed by atoms with E-state index in [1.165, 1.54) is 5.56 Å². The SMILES string of the molecule is Cc1ccc(C)c(Oc2cccc(C(C)(C)O)c2)c1. The Morgan fingerprint density at radius 3 is 2.42 bits per heavy atom. The molecule has 2 aromatic rings. The summed E-state index contributed by atoms with van der Waals surface area (Å²) in [6, 6.07) is 13.7. The molecule has 2 aromatic carbocycles. The molecule has 0 amide bonds. The van der Waals surface area contributed by atoms with Gasteiger partial charge in [0.1, 0.15) is 11.5 Å². The van der Waals surface area contributed by atoms with E-state index in [1.54, 1.807) is 13.8 Å². The van der Waals surface area contributed by atoms with Crippen molar-refractivity contribution in [2.75, 3.05) is 0 Å². The molecule has 0 aliphatic carbocycles. The summed E-state index contributed by atoms with van der Waals surface area (Å²) in [6.45, 7) is 7.60. The molecule has 0 fully saturated rings. The molecule has 2 nitrogen and oxygen atoms in total. The van der Waals surface area contributed by atoms with Crippen LogP contribution in [0.4, 0.5) is 0 Å². The Labute approximate surface area is 114 Å². The number of hydrogen-bond acceptors (Lipinski definition) is 2. The van der Waals surface area contributed by atoms with Crippen LogP contribution in [-0.2, 0) is 5.60 Å². The van der Waals surface area contributed by atoms with Crippen molar-refractivity contribution >= 4 is 0 Å². The van der Waals surface area contributed by atoms with E-state index in [9.17, 15) is 5.11 Å². The van der Waals surface area contributed by atoms with E-state index in [-0.39, 0.29) is 0 Å². The minimum Gasteiger partial charge on any atom is -0.457 e.